The quantitative estimate of drug-likeness (QED) is 0.0169. The van der Waals surface area contributed by atoms with E-state index in [2.05, 4.69) is 52.0 Å². The highest BCUT2D eigenvalue weighted by atomic mass is 16.2. The molecule has 0 aromatic heterocycles. The molecule has 2 aliphatic rings. The lowest BCUT2D eigenvalue weighted by molar-refractivity contribution is 0.0501. The number of nitrogens with zero attached hydrogens (tertiary/aromatic N) is 2. The molecule has 0 atom stereocenters. The van der Waals surface area contributed by atoms with Crippen LogP contribution in [0.5, 0.6) is 0 Å². The van der Waals surface area contributed by atoms with Gasteiger partial charge in [-0.2, -0.15) is 0 Å². The van der Waals surface area contributed by atoms with Crippen molar-refractivity contribution in [2.45, 2.75) is 297 Å². The molecule has 2 heterocycles. The van der Waals surface area contributed by atoms with Crippen molar-refractivity contribution in [1.82, 2.24) is 9.80 Å². The molecule has 0 saturated carbocycles. The molecule has 5 aromatic carbocycles. The zero-order chi connectivity index (χ0) is 53.5. The number of benzene rings is 5. The van der Waals surface area contributed by atoms with Crippen LogP contribution >= 0.6 is 0 Å². The number of hydrogen-bond donors (Lipinski definition) is 0. The van der Waals surface area contributed by atoms with Crippen LogP contribution in [0.2, 0.25) is 0 Å². The van der Waals surface area contributed by atoms with Crippen LogP contribution in [0.15, 0.2) is 48.5 Å². The van der Waals surface area contributed by atoms with E-state index in [9.17, 15) is 19.2 Å². The van der Waals surface area contributed by atoms with E-state index in [4.69, 9.17) is 0 Å². The molecule has 0 saturated heterocycles. The van der Waals surface area contributed by atoms with Gasteiger partial charge in [-0.25, -0.2) is 0 Å². The van der Waals surface area contributed by atoms with Crippen LogP contribution in [0.25, 0.3) is 43.1 Å². The van der Waals surface area contributed by atoms with Crippen LogP contribution in [0.1, 0.15) is 326 Å². The number of rotatable bonds is 42. The van der Waals surface area contributed by atoms with E-state index in [1.165, 1.54) is 180 Å². The molecule has 5 aromatic rings. The van der Waals surface area contributed by atoms with Crippen LogP contribution in [0, 0.1) is 0 Å². The smallest absolute Gasteiger partial charge is 0.261 e. The molecular weight excluding hydrogens is 933 g/mol. The molecule has 0 aliphatic carbocycles. The summed E-state index contributed by atoms with van der Waals surface area (Å²) in [5.74, 6) is -0.649. The minimum absolute atomic E-state index is 0.120. The molecule has 0 bridgehead atoms. The van der Waals surface area contributed by atoms with Gasteiger partial charge < -0.3 is 0 Å². The van der Waals surface area contributed by atoms with E-state index in [0.717, 1.165) is 120 Å². The second-order valence-electron chi connectivity index (χ2n) is 23.9. The minimum Gasteiger partial charge on any atom is -0.271 e. The Morgan fingerprint density at radius 1 is 0.250 bits per heavy atom. The predicted molar refractivity (Wildman–Crippen MR) is 324 cm³/mol. The van der Waals surface area contributed by atoms with E-state index in [0.29, 0.717) is 22.3 Å². The Hall–Kier alpha value is -4.32. The second-order valence-corrected chi connectivity index (χ2v) is 23.9. The number of hydrogen-bond acceptors (Lipinski definition) is 4. The second kappa shape index (κ2) is 31.9. The number of unbranched alkanes of at least 4 members (excludes halogenated alkanes) is 32. The van der Waals surface area contributed by atoms with Crippen LogP contribution in [-0.4, -0.2) is 45.5 Å². The summed E-state index contributed by atoms with van der Waals surface area (Å²) in [6.45, 7) is 9.07. The maximum absolute atomic E-state index is 15.0. The Labute approximate surface area is 461 Å². The van der Waals surface area contributed by atoms with Gasteiger partial charge in [0.15, 0.2) is 0 Å². The van der Waals surface area contributed by atoms with E-state index in [1.54, 1.807) is 9.80 Å². The maximum atomic E-state index is 15.0. The van der Waals surface area contributed by atoms with E-state index >= 15 is 0 Å². The molecule has 0 spiro atoms. The van der Waals surface area contributed by atoms with E-state index < -0.39 is 0 Å². The highest BCUT2D eigenvalue weighted by molar-refractivity contribution is 6.41. The van der Waals surface area contributed by atoms with Gasteiger partial charge in [0, 0.05) is 45.1 Å². The summed E-state index contributed by atoms with van der Waals surface area (Å²) >= 11 is 0. The third-order valence-corrected chi connectivity index (χ3v) is 18.0. The van der Waals surface area contributed by atoms with Gasteiger partial charge in [0.2, 0.25) is 0 Å². The number of amides is 4. The average molecular weight is 1040 g/mol. The van der Waals surface area contributed by atoms with Gasteiger partial charge in [-0.3, -0.25) is 29.0 Å². The fraction of sp³-hybridized carbons (Fsp3) is 0.657. The Balaban J connectivity index is 1.11. The average Bonchev–Trinajstić information content (AvgIpc) is 3.62. The van der Waals surface area contributed by atoms with Crippen molar-refractivity contribution in [3.63, 3.8) is 0 Å². The summed E-state index contributed by atoms with van der Waals surface area (Å²) in [5.41, 5.74) is 2.44. The Morgan fingerprint density at radius 3 is 0.632 bits per heavy atom. The number of carbonyl (C=O) groups excluding carboxylic acids is 4. The molecule has 2 aliphatic heterocycles. The Kier molecular flexibility index (Phi) is 24.9. The summed E-state index contributed by atoms with van der Waals surface area (Å²) in [6, 6.07) is 15.9. The lowest BCUT2D eigenvalue weighted by Gasteiger charge is -2.35. The highest BCUT2D eigenvalue weighted by Gasteiger charge is 2.40. The third-order valence-electron chi connectivity index (χ3n) is 18.0. The van der Waals surface area contributed by atoms with Crippen molar-refractivity contribution in [1.29, 1.82) is 0 Å². The molecule has 7 rings (SSSR count). The van der Waals surface area contributed by atoms with Crippen molar-refractivity contribution in [2.75, 3.05) is 0 Å². The summed E-state index contributed by atoms with van der Waals surface area (Å²) in [5, 5.41) is 7.18. The lowest BCUT2D eigenvalue weighted by atomic mass is 9.81. The van der Waals surface area contributed by atoms with Gasteiger partial charge in [-0.15, -0.1) is 0 Å². The molecule has 0 N–H and O–H groups in total. The minimum atomic E-state index is -0.162. The van der Waals surface area contributed by atoms with Gasteiger partial charge in [0.1, 0.15) is 0 Å². The normalized spacial score (nSPS) is 13.8. The molecule has 4 amide bonds. The first-order chi connectivity index (χ1) is 37.4. The summed E-state index contributed by atoms with van der Waals surface area (Å²) in [6.07, 6.45) is 48.2. The van der Waals surface area contributed by atoms with Crippen molar-refractivity contribution in [3.8, 4) is 0 Å². The number of imide groups is 2. The molecule has 6 heteroatoms. The summed E-state index contributed by atoms with van der Waals surface area (Å²) in [7, 11) is 0. The van der Waals surface area contributed by atoms with Gasteiger partial charge in [-0.05, 0) is 82.3 Å². The fourth-order valence-electron chi connectivity index (χ4n) is 13.5. The fourth-order valence-corrected chi connectivity index (χ4v) is 13.5. The lowest BCUT2D eigenvalue weighted by Crippen LogP contribution is -2.47. The number of carbonyl (C=O) groups is 4. The van der Waals surface area contributed by atoms with Crippen molar-refractivity contribution < 1.29 is 19.2 Å². The molecule has 76 heavy (non-hydrogen) atoms. The number of fused-ring (bicyclic) bond motifs is 2. The van der Waals surface area contributed by atoms with Gasteiger partial charge >= 0.3 is 0 Å². The van der Waals surface area contributed by atoms with Crippen molar-refractivity contribution in [2.24, 2.45) is 0 Å². The molecule has 6 nitrogen and oxygen atoms in total. The van der Waals surface area contributed by atoms with Crippen LogP contribution in [-0.2, 0) is 0 Å². The molecule has 0 unspecified atom stereocenters. The standard InChI is InChI=1S/C70H102N2O4/c1-5-9-13-17-21-25-29-33-37-41-53(42-38-34-30-26-22-18-14-10-6-2)71-67(73)59-49-45-55-57-47-51-61-66-62(52-48-58(64(57)66)56-46-50-60(68(71)74)65(59)63(55)56)70(76)72(69(61)75)54(43-39-35-31-27-23-19-15-11-7-3)44-40-36-32-28-24-20-16-12-8-4/h45-54H,5-44H2,1-4H3. The maximum Gasteiger partial charge on any atom is 0.261 e. The molecule has 0 radical (unpaired) electrons. The van der Waals surface area contributed by atoms with Crippen molar-refractivity contribution >= 4 is 66.7 Å². The monoisotopic (exact) mass is 1030 g/mol. The van der Waals surface area contributed by atoms with E-state index in [1.807, 2.05) is 24.3 Å². The highest BCUT2D eigenvalue weighted by Crippen LogP contribution is 2.47. The zero-order valence-electron chi connectivity index (χ0n) is 48.6. The summed E-state index contributed by atoms with van der Waals surface area (Å²) in [4.78, 5) is 63.2. The summed E-state index contributed by atoms with van der Waals surface area (Å²) < 4.78 is 0. The first-order valence-electron chi connectivity index (χ1n) is 32.3. The van der Waals surface area contributed by atoms with Crippen LogP contribution in [0.4, 0.5) is 0 Å². The topological polar surface area (TPSA) is 74.8 Å². The Morgan fingerprint density at radius 2 is 0.434 bits per heavy atom. The SMILES string of the molecule is CCCCCCCCCCCC(CCCCCCCCCCC)N1C(=O)c2ccc3c4ccc5c6c(ccc(c7ccc(c2c37)C1=O)c64)C(=O)N(C(CCCCCCCCCCC)CCCCCCCCCCC)C5=O. The van der Waals surface area contributed by atoms with Crippen molar-refractivity contribution in [3.05, 3.63) is 70.8 Å². The first-order valence-corrected chi connectivity index (χ1v) is 32.3. The Bertz CT molecular complexity index is 2250. The zero-order valence-corrected chi connectivity index (χ0v) is 48.6. The van der Waals surface area contributed by atoms with Gasteiger partial charge in [-0.1, -0.05) is 283 Å². The third kappa shape index (κ3) is 15.1. The predicted octanol–water partition coefficient (Wildman–Crippen LogP) is 21.4. The molecular formula is C70H102N2O4. The van der Waals surface area contributed by atoms with Crippen LogP contribution < -0.4 is 0 Å². The molecule has 0 fully saturated rings. The largest absolute Gasteiger partial charge is 0.271 e. The molecule has 416 valence electrons. The van der Waals surface area contributed by atoms with E-state index in [-0.39, 0.29) is 35.7 Å². The van der Waals surface area contributed by atoms with Gasteiger partial charge in [0.05, 0.1) is 0 Å². The van der Waals surface area contributed by atoms with Crippen LogP contribution in [0.3, 0.4) is 0 Å². The van der Waals surface area contributed by atoms with Gasteiger partial charge in [0.25, 0.3) is 23.6 Å². The first kappa shape index (κ1) is 59.3.